The molecule has 3 rings (SSSR count). The summed E-state index contributed by atoms with van der Waals surface area (Å²) in [4.78, 5) is 30.3. The van der Waals surface area contributed by atoms with Gasteiger partial charge in [0.25, 0.3) is 11.6 Å². The maximum Gasteiger partial charge on any atom is 0.269 e. The van der Waals surface area contributed by atoms with Gasteiger partial charge in [-0.15, -0.1) is 0 Å². The van der Waals surface area contributed by atoms with E-state index in [1.165, 1.54) is 36.7 Å². The van der Waals surface area contributed by atoms with Crippen LogP contribution in [0.25, 0.3) is 11.5 Å². The Kier molecular flexibility index (Phi) is 3.79. The van der Waals surface area contributed by atoms with Gasteiger partial charge in [0.2, 0.25) is 5.95 Å². The second kappa shape index (κ2) is 6.06. The molecule has 23 heavy (non-hydrogen) atoms. The van der Waals surface area contributed by atoms with Crippen molar-refractivity contribution in [3.63, 3.8) is 0 Å². The minimum atomic E-state index is -0.530. The van der Waals surface area contributed by atoms with Gasteiger partial charge in [0.1, 0.15) is 5.69 Å². The number of hydrogen-bond donors (Lipinski definition) is 1. The molecule has 2 heterocycles. The number of carbonyl (C=O) groups is 1. The lowest BCUT2D eigenvalue weighted by Crippen LogP contribution is -2.14. The van der Waals surface area contributed by atoms with Crippen molar-refractivity contribution in [2.24, 2.45) is 0 Å². The summed E-state index contributed by atoms with van der Waals surface area (Å²) in [6.45, 7) is 0. The molecule has 0 saturated heterocycles. The molecule has 0 unspecified atom stereocenters. The Morgan fingerprint density at radius 2 is 1.96 bits per heavy atom. The fourth-order valence-electron chi connectivity index (χ4n) is 1.89. The minimum absolute atomic E-state index is 0.0855. The van der Waals surface area contributed by atoms with E-state index in [-0.39, 0.29) is 17.2 Å². The highest BCUT2D eigenvalue weighted by Gasteiger charge is 2.12. The first kappa shape index (κ1) is 14.4. The number of nitro groups is 1. The molecule has 1 aromatic carbocycles. The molecular formula is C15H10N4O4. The van der Waals surface area contributed by atoms with Crippen molar-refractivity contribution in [1.82, 2.24) is 9.97 Å². The van der Waals surface area contributed by atoms with Gasteiger partial charge >= 0.3 is 0 Å². The lowest BCUT2D eigenvalue weighted by atomic mass is 10.2. The van der Waals surface area contributed by atoms with Crippen LogP contribution in [0.15, 0.2) is 59.3 Å². The van der Waals surface area contributed by atoms with Gasteiger partial charge in [-0.1, -0.05) is 0 Å². The Morgan fingerprint density at radius 3 is 2.61 bits per heavy atom. The lowest BCUT2D eigenvalue weighted by Gasteiger charge is -2.04. The molecule has 0 spiro atoms. The van der Waals surface area contributed by atoms with E-state index in [1.807, 2.05) is 0 Å². The van der Waals surface area contributed by atoms with E-state index in [4.69, 9.17) is 4.42 Å². The SMILES string of the molecule is O=C(Nc1nccc(-c2ccco2)n1)c1ccc([N+](=O)[O-])cc1. The third-order valence-corrected chi connectivity index (χ3v) is 2.99. The van der Waals surface area contributed by atoms with Crippen molar-refractivity contribution >= 4 is 17.5 Å². The molecule has 3 aromatic rings. The monoisotopic (exact) mass is 310 g/mol. The molecule has 0 saturated carbocycles. The number of nitrogens with one attached hydrogen (secondary N) is 1. The van der Waals surface area contributed by atoms with Crippen LogP contribution in [-0.4, -0.2) is 20.8 Å². The molecule has 8 nitrogen and oxygen atoms in total. The Balaban J connectivity index is 1.77. The summed E-state index contributed by atoms with van der Waals surface area (Å²) in [6.07, 6.45) is 3.02. The normalized spacial score (nSPS) is 10.3. The quantitative estimate of drug-likeness (QED) is 0.586. The van der Waals surface area contributed by atoms with Gasteiger partial charge < -0.3 is 4.42 Å². The van der Waals surface area contributed by atoms with E-state index in [2.05, 4.69) is 15.3 Å². The molecule has 1 N–H and O–H groups in total. The number of rotatable bonds is 4. The van der Waals surface area contributed by atoms with Crippen LogP contribution in [0.5, 0.6) is 0 Å². The zero-order chi connectivity index (χ0) is 16.2. The number of nitro benzene ring substituents is 1. The molecule has 8 heteroatoms. The zero-order valence-electron chi connectivity index (χ0n) is 11.7. The van der Waals surface area contributed by atoms with Crippen LogP contribution in [0.4, 0.5) is 11.6 Å². The predicted octanol–water partition coefficient (Wildman–Crippen LogP) is 2.90. The van der Waals surface area contributed by atoms with E-state index < -0.39 is 10.8 Å². The first-order valence-corrected chi connectivity index (χ1v) is 6.56. The second-order valence-corrected chi connectivity index (χ2v) is 4.50. The standard InChI is InChI=1S/C15H10N4O4/c20-14(10-3-5-11(6-4-10)19(21)22)18-15-16-8-7-12(17-15)13-2-1-9-23-13/h1-9H,(H,16,17,18,20). The van der Waals surface area contributed by atoms with Gasteiger partial charge in [-0.05, 0) is 30.3 Å². The van der Waals surface area contributed by atoms with E-state index >= 15 is 0 Å². The number of non-ortho nitro benzene ring substituents is 1. The molecule has 2 aromatic heterocycles. The van der Waals surface area contributed by atoms with E-state index in [0.29, 0.717) is 11.5 Å². The van der Waals surface area contributed by atoms with E-state index in [0.717, 1.165) is 0 Å². The highest BCUT2D eigenvalue weighted by atomic mass is 16.6. The third kappa shape index (κ3) is 3.21. The largest absolute Gasteiger partial charge is 0.463 e. The second-order valence-electron chi connectivity index (χ2n) is 4.50. The topological polar surface area (TPSA) is 111 Å². The van der Waals surface area contributed by atoms with Crippen LogP contribution in [-0.2, 0) is 0 Å². The molecule has 114 valence electrons. The van der Waals surface area contributed by atoms with Crippen LogP contribution in [0, 0.1) is 10.1 Å². The molecule has 0 atom stereocenters. The van der Waals surface area contributed by atoms with E-state index in [9.17, 15) is 14.9 Å². The van der Waals surface area contributed by atoms with Gasteiger partial charge in [-0.3, -0.25) is 20.2 Å². The zero-order valence-corrected chi connectivity index (χ0v) is 11.7. The van der Waals surface area contributed by atoms with Crippen molar-refractivity contribution < 1.29 is 14.1 Å². The average Bonchev–Trinajstić information content (AvgIpc) is 3.10. The van der Waals surface area contributed by atoms with Crippen LogP contribution >= 0.6 is 0 Å². The smallest absolute Gasteiger partial charge is 0.269 e. The summed E-state index contributed by atoms with van der Waals surface area (Å²) in [5.74, 6) is 0.206. The first-order chi connectivity index (χ1) is 11.1. The van der Waals surface area contributed by atoms with Crippen molar-refractivity contribution in [2.45, 2.75) is 0 Å². The highest BCUT2D eigenvalue weighted by Crippen LogP contribution is 2.18. The molecule has 0 fully saturated rings. The number of furan rings is 1. The number of aromatic nitrogens is 2. The van der Waals surface area contributed by atoms with Crippen molar-refractivity contribution in [1.29, 1.82) is 0 Å². The van der Waals surface area contributed by atoms with Crippen LogP contribution in [0.1, 0.15) is 10.4 Å². The summed E-state index contributed by atoms with van der Waals surface area (Å²) in [5, 5.41) is 13.1. The molecule has 0 radical (unpaired) electrons. The van der Waals surface area contributed by atoms with Gasteiger partial charge in [-0.2, -0.15) is 0 Å². The number of anilines is 1. The Bertz CT molecular complexity index is 844. The highest BCUT2D eigenvalue weighted by molar-refractivity contribution is 6.03. The Hall–Kier alpha value is -3.55. The molecule has 0 aliphatic rings. The number of nitrogens with zero attached hydrogens (tertiary/aromatic N) is 3. The van der Waals surface area contributed by atoms with Crippen molar-refractivity contribution in [3.8, 4) is 11.5 Å². The summed E-state index contributed by atoms with van der Waals surface area (Å²) >= 11 is 0. The van der Waals surface area contributed by atoms with E-state index in [1.54, 1.807) is 18.2 Å². The van der Waals surface area contributed by atoms with Crippen LogP contribution in [0.3, 0.4) is 0 Å². The summed E-state index contributed by atoms with van der Waals surface area (Å²) in [5.41, 5.74) is 0.712. The van der Waals surface area contributed by atoms with Crippen molar-refractivity contribution in [3.05, 3.63) is 70.6 Å². The van der Waals surface area contributed by atoms with Crippen LogP contribution in [0.2, 0.25) is 0 Å². The molecule has 1 amide bonds. The molecule has 0 bridgehead atoms. The number of amides is 1. The molecular weight excluding hydrogens is 300 g/mol. The molecule has 0 aliphatic carbocycles. The van der Waals surface area contributed by atoms with Gasteiger partial charge in [-0.25, -0.2) is 9.97 Å². The first-order valence-electron chi connectivity index (χ1n) is 6.56. The maximum absolute atomic E-state index is 12.1. The fourth-order valence-corrected chi connectivity index (χ4v) is 1.89. The maximum atomic E-state index is 12.1. The number of benzene rings is 1. The summed E-state index contributed by atoms with van der Waals surface area (Å²) in [7, 11) is 0. The van der Waals surface area contributed by atoms with Crippen LogP contribution < -0.4 is 5.32 Å². The number of carbonyl (C=O) groups excluding carboxylic acids is 1. The minimum Gasteiger partial charge on any atom is -0.463 e. The van der Waals surface area contributed by atoms with Gasteiger partial charge in [0.15, 0.2) is 5.76 Å². The average molecular weight is 310 g/mol. The Morgan fingerprint density at radius 1 is 1.17 bits per heavy atom. The predicted molar refractivity (Wildman–Crippen MR) is 80.8 cm³/mol. The van der Waals surface area contributed by atoms with Crippen molar-refractivity contribution in [2.75, 3.05) is 5.32 Å². The lowest BCUT2D eigenvalue weighted by molar-refractivity contribution is -0.384. The number of hydrogen-bond acceptors (Lipinski definition) is 6. The molecule has 0 aliphatic heterocycles. The summed E-state index contributed by atoms with van der Waals surface area (Å²) in [6, 6.07) is 10.4. The Labute approximate surface area is 130 Å². The van der Waals surface area contributed by atoms with Gasteiger partial charge in [0.05, 0.1) is 11.2 Å². The third-order valence-electron chi connectivity index (χ3n) is 2.99. The summed E-state index contributed by atoms with van der Waals surface area (Å²) < 4.78 is 5.23. The fraction of sp³-hybridized carbons (Fsp3) is 0. The van der Waals surface area contributed by atoms with Gasteiger partial charge in [0, 0.05) is 23.9 Å².